The van der Waals surface area contributed by atoms with Crippen LogP contribution in [0.25, 0.3) is 0 Å². The molecule has 1 fully saturated rings. The first-order chi connectivity index (χ1) is 7.70. The van der Waals surface area contributed by atoms with E-state index < -0.39 is 0 Å². The first kappa shape index (κ1) is 17.6. The van der Waals surface area contributed by atoms with Gasteiger partial charge < -0.3 is 10.6 Å². The quantitative estimate of drug-likeness (QED) is 0.912. The normalized spacial score (nSPS) is 20.6. The van der Waals surface area contributed by atoms with Gasteiger partial charge in [-0.1, -0.05) is 0 Å². The number of nitrogens with two attached hydrogens (primary N) is 1. The number of carbonyl (C=O) groups is 1. The molecule has 7 heteroatoms. The standard InChI is InChI=1S/C11H17N3OS.2ClH/c1-8(12)10-4-2-3-5-14(10)11(15)9-6-16-7-13-9;;/h6-8,10H,2-5,12H2,1H3;2*1H. The van der Waals surface area contributed by atoms with Gasteiger partial charge in [-0.3, -0.25) is 4.79 Å². The van der Waals surface area contributed by atoms with E-state index in [-0.39, 0.29) is 42.8 Å². The van der Waals surface area contributed by atoms with Gasteiger partial charge in [0.1, 0.15) is 5.69 Å². The highest BCUT2D eigenvalue weighted by Crippen LogP contribution is 2.21. The molecule has 18 heavy (non-hydrogen) atoms. The van der Waals surface area contributed by atoms with Gasteiger partial charge in [-0.2, -0.15) is 0 Å². The molecule has 2 N–H and O–H groups in total. The number of halogens is 2. The fraction of sp³-hybridized carbons (Fsp3) is 0.636. The summed E-state index contributed by atoms with van der Waals surface area (Å²) in [5.41, 5.74) is 8.18. The van der Waals surface area contributed by atoms with E-state index in [1.54, 1.807) is 10.9 Å². The van der Waals surface area contributed by atoms with Gasteiger partial charge in [0.25, 0.3) is 5.91 Å². The Morgan fingerprint density at radius 2 is 2.28 bits per heavy atom. The van der Waals surface area contributed by atoms with Gasteiger partial charge in [0, 0.05) is 24.0 Å². The molecule has 1 aliphatic heterocycles. The van der Waals surface area contributed by atoms with Crippen LogP contribution in [0.4, 0.5) is 0 Å². The Bertz CT molecular complexity index is 359. The molecule has 4 nitrogen and oxygen atoms in total. The number of hydrogen-bond donors (Lipinski definition) is 1. The molecule has 0 radical (unpaired) electrons. The Balaban J connectivity index is 0.00000144. The fourth-order valence-corrected chi connectivity index (χ4v) is 2.75. The third-order valence-corrected chi connectivity index (χ3v) is 3.65. The van der Waals surface area contributed by atoms with Crippen LogP contribution >= 0.6 is 36.2 Å². The molecule has 2 unspecified atom stereocenters. The van der Waals surface area contributed by atoms with Crippen LogP contribution in [0.5, 0.6) is 0 Å². The molecule has 1 aliphatic rings. The molecule has 1 saturated heterocycles. The summed E-state index contributed by atoms with van der Waals surface area (Å²) in [5.74, 6) is 0.0308. The van der Waals surface area contributed by atoms with Crippen LogP contribution in [0.15, 0.2) is 10.9 Å². The lowest BCUT2D eigenvalue weighted by molar-refractivity contribution is 0.0578. The number of carbonyl (C=O) groups excluding carboxylic acids is 1. The van der Waals surface area contributed by atoms with Crippen LogP contribution in [-0.2, 0) is 0 Å². The average Bonchev–Trinajstić information content (AvgIpc) is 2.81. The minimum absolute atomic E-state index is 0. The molecule has 2 heterocycles. The molecule has 1 aromatic rings. The molecule has 0 bridgehead atoms. The predicted octanol–water partition coefficient (Wildman–Crippen LogP) is 2.33. The predicted molar refractivity (Wildman–Crippen MR) is 78.9 cm³/mol. The fourth-order valence-electron chi connectivity index (χ4n) is 2.22. The topological polar surface area (TPSA) is 59.2 Å². The Kier molecular flexibility index (Phi) is 7.78. The van der Waals surface area contributed by atoms with Crippen molar-refractivity contribution in [2.24, 2.45) is 5.73 Å². The van der Waals surface area contributed by atoms with E-state index >= 15 is 0 Å². The van der Waals surface area contributed by atoms with Gasteiger partial charge in [-0.05, 0) is 26.2 Å². The van der Waals surface area contributed by atoms with Crippen LogP contribution in [0.3, 0.4) is 0 Å². The molecule has 2 atom stereocenters. The van der Waals surface area contributed by atoms with E-state index in [1.807, 2.05) is 11.8 Å². The van der Waals surface area contributed by atoms with Crippen molar-refractivity contribution in [1.82, 2.24) is 9.88 Å². The van der Waals surface area contributed by atoms with Crippen molar-refractivity contribution in [2.45, 2.75) is 38.3 Å². The number of likely N-dealkylation sites (tertiary alicyclic amines) is 1. The van der Waals surface area contributed by atoms with Gasteiger partial charge in [-0.15, -0.1) is 36.2 Å². The smallest absolute Gasteiger partial charge is 0.273 e. The maximum Gasteiger partial charge on any atom is 0.273 e. The Labute approximate surface area is 124 Å². The zero-order valence-electron chi connectivity index (χ0n) is 10.2. The van der Waals surface area contributed by atoms with Crippen molar-refractivity contribution in [3.05, 3.63) is 16.6 Å². The van der Waals surface area contributed by atoms with Crippen LogP contribution in [0.1, 0.15) is 36.7 Å². The summed E-state index contributed by atoms with van der Waals surface area (Å²) in [6, 6.07) is 0.200. The maximum atomic E-state index is 12.2. The molecular formula is C11H19Cl2N3OS. The molecule has 2 rings (SSSR count). The molecule has 0 aromatic carbocycles. The molecule has 1 amide bonds. The molecule has 1 aromatic heterocycles. The van der Waals surface area contributed by atoms with Crippen molar-refractivity contribution in [3.63, 3.8) is 0 Å². The van der Waals surface area contributed by atoms with E-state index in [0.717, 1.165) is 25.8 Å². The van der Waals surface area contributed by atoms with Crippen molar-refractivity contribution in [3.8, 4) is 0 Å². The average molecular weight is 312 g/mol. The number of nitrogens with zero attached hydrogens (tertiary/aromatic N) is 2. The van der Waals surface area contributed by atoms with Crippen LogP contribution in [-0.4, -0.2) is 34.4 Å². The number of rotatable bonds is 2. The summed E-state index contributed by atoms with van der Waals surface area (Å²) >= 11 is 1.45. The highest BCUT2D eigenvalue weighted by atomic mass is 35.5. The molecule has 0 aliphatic carbocycles. The highest BCUT2D eigenvalue weighted by molar-refractivity contribution is 7.07. The van der Waals surface area contributed by atoms with Crippen LogP contribution in [0.2, 0.25) is 0 Å². The first-order valence-electron chi connectivity index (χ1n) is 5.65. The van der Waals surface area contributed by atoms with Crippen molar-refractivity contribution < 1.29 is 4.79 Å². The van der Waals surface area contributed by atoms with Gasteiger partial charge >= 0.3 is 0 Å². The maximum absolute atomic E-state index is 12.2. The minimum atomic E-state index is 0. The third-order valence-electron chi connectivity index (χ3n) is 3.07. The summed E-state index contributed by atoms with van der Waals surface area (Å²) < 4.78 is 0. The van der Waals surface area contributed by atoms with Gasteiger partial charge in [-0.25, -0.2) is 4.98 Å². The molecular weight excluding hydrogens is 293 g/mol. The number of hydrogen-bond acceptors (Lipinski definition) is 4. The van der Waals surface area contributed by atoms with Crippen molar-refractivity contribution in [2.75, 3.05) is 6.54 Å². The number of thiazole rings is 1. The summed E-state index contributed by atoms with van der Waals surface area (Å²) in [6.07, 6.45) is 3.24. The second kappa shape index (κ2) is 7.94. The van der Waals surface area contributed by atoms with Crippen LogP contribution < -0.4 is 5.73 Å². The lowest BCUT2D eigenvalue weighted by Crippen LogP contribution is -2.51. The van der Waals surface area contributed by atoms with E-state index in [0.29, 0.717) is 5.69 Å². The summed E-state index contributed by atoms with van der Waals surface area (Å²) in [4.78, 5) is 18.2. The monoisotopic (exact) mass is 311 g/mol. The number of aromatic nitrogens is 1. The van der Waals surface area contributed by atoms with E-state index in [2.05, 4.69) is 4.98 Å². The first-order valence-corrected chi connectivity index (χ1v) is 6.59. The van der Waals surface area contributed by atoms with Gasteiger partial charge in [0.05, 0.1) is 5.51 Å². The zero-order chi connectivity index (χ0) is 11.5. The number of amides is 1. The van der Waals surface area contributed by atoms with Crippen LogP contribution in [0, 0.1) is 0 Å². The summed E-state index contributed by atoms with van der Waals surface area (Å²) in [5, 5.41) is 1.80. The van der Waals surface area contributed by atoms with E-state index in [4.69, 9.17) is 5.73 Å². The Hall–Kier alpha value is -0.360. The SMILES string of the molecule is CC(N)C1CCCCN1C(=O)c1cscn1.Cl.Cl. The number of piperidine rings is 1. The summed E-state index contributed by atoms with van der Waals surface area (Å²) in [6.45, 7) is 2.78. The third kappa shape index (κ3) is 3.82. The van der Waals surface area contributed by atoms with E-state index in [1.165, 1.54) is 11.3 Å². The van der Waals surface area contributed by atoms with Crippen molar-refractivity contribution in [1.29, 1.82) is 0 Å². The lowest BCUT2D eigenvalue weighted by atomic mass is 9.96. The Morgan fingerprint density at radius 3 is 2.83 bits per heavy atom. The highest BCUT2D eigenvalue weighted by Gasteiger charge is 2.30. The van der Waals surface area contributed by atoms with Gasteiger partial charge in [0.2, 0.25) is 0 Å². The molecule has 104 valence electrons. The van der Waals surface area contributed by atoms with E-state index in [9.17, 15) is 4.79 Å². The largest absolute Gasteiger partial charge is 0.333 e. The van der Waals surface area contributed by atoms with Gasteiger partial charge in [0.15, 0.2) is 0 Å². The van der Waals surface area contributed by atoms with Crippen molar-refractivity contribution >= 4 is 42.1 Å². The molecule has 0 spiro atoms. The second-order valence-electron chi connectivity index (χ2n) is 4.29. The second-order valence-corrected chi connectivity index (χ2v) is 5.01. The Morgan fingerprint density at radius 1 is 1.56 bits per heavy atom. The molecule has 0 saturated carbocycles. The minimum Gasteiger partial charge on any atom is -0.333 e. The zero-order valence-corrected chi connectivity index (χ0v) is 12.7. The summed E-state index contributed by atoms with van der Waals surface area (Å²) in [7, 11) is 0. The lowest BCUT2D eigenvalue weighted by Gasteiger charge is -2.37.